The molecule has 0 aromatic carbocycles. The van der Waals surface area contributed by atoms with Crippen LogP contribution in [0.2, 0.25) is 0 Å². The average molecular weight is 298 g/mol. The number of pyridine rings is 1. The number of aromatic nitrogens is 1. The van der Waals surface area contributed by atoms with Crippen LogP contribution in [0.5, 0.6) is 0 Å². The number of carbonyl (C=O) groups is 2. The highest BCUT2D eigenvalue weighted by molar-refractivity contribution is 6.08. The van der Waals surface area contributed by atoms with Gasteiger partial charge in [-0.25, -0.2) is 0 Å². The SMILES string of the molecule is COC(=O)C1C(C)=NC2=C(C(=O)CCC2)[C@@H]1c1ccccn1. The predicted octanol–water partition coefficient (Wildman–Crippen LogP) is 2.44. The molecule has 0 spiro atoms. The normalized spacial score (nSPS) is 24.6. The fourth-order valence-corrected chi connectivity index (χ4v) is 3.32. The van der Waals surface area contributed by atoms with Gasteiger partial charge in [-0.3, -0.25) is 19.6 Å². The van der Waals surface area contributed by atoms with E-state index in [9.17, 15) is 9.59 Å². The Bertz CT molecular complexity index is 676. The summed E-state index contributed by atoms with van der Waals surface area (Å²) in [5, 5.41) is 0. The number of carbonyl (C=O) groups excluding carboxylic acids is 2. The number of nitrogens with zero attached hydrogens (tertiary/aromatic N) is 2. The molecule has 2 atom stereocenters. The maximum Gasteiger partial charge on any atom is 0.315 e. The minimum Gasteiger partial charge on any atom is -0.468 e. The monoisotopic (exact) mass is 298 g/mol. The van der Waals surface area contributed by atoms with Gasteiger partial charge in [0.15, 0.2) is 5.78 Å². The molecular formula is C17H18N2O3. The van der Waals surface area contributed by atoms with E-state index in [1.165, 1.54) is 7.11 Å². The summed E-state index contributed by atoms with van der Waals surface area (Å²) in [5.74, 6) is -1.28. The molecule has 0 N–H and O–H groups in total. The first kappa shape index (κ1) is 14.6. The highest BCUT2D eigenvalue weighted by atomic mass is 16.5. The molecular weight excluding hydrogens is 280 g/mol. The highest BCUT2D eigenvalue weighted by Gasteiger charge is 2.43. The van der Waals surface area contributed by atoms with Crippen LogP contribution in [-0.2, 0) is 14.3 Å². The van der Waals surface area contributed by atoms with Crippen LogP contribution >= 0.6 is 0 Å². The predicted molar refractivity (Wildman–Crippen MR) is 81.5 cm³/mol. The van der Waals surface area contributed by atoms with Crippen molar-refractivity contribution >= 4 is 17.5 Å². The Kier molecular flexibility index (Phi) is 3.88. The first-order valence-electron chi connectivity index (χ1n) is 7.43. The lowest BCUT2D eigenvalue weighted by Crippen LogP contribution is -2.37. The van der Waals surface area contributed by atoms with Crippen molar-refractivity contribution < 1.29 is 14.3 Å². The van der Waals surface area contributed by atoms with Gasteiger partial charge in [-0.1, -0.05) is 6.07 Å². The Labute approximate surface area is 129 Å². The smallest absolute Gasteiger partial charge is 0.315 e. The molecule has 1 unspecified atom stereocenters. The van der Waals surface area contributed by atoms with Crippen LogP contribution in [0.1, 0.15) is 37.8 Å². The summed E-state index contributed by atoms with van der Waals surface area (Å²) < 4.78 is 4.95. The second kappa shape index (κ2) is 5.83. The van der Waals surface area contributed by atoms with E-state index >= 15 is 0 Å². The Morgan fingerprint density at radius 3 is 2.82 bits per heavy atom. The van der Waals surface area contributed by atoms with Crippen LogP contribution in [0.3, 0.4) is 0 Å². The van der Waals surface area contributed by atoms with Gasteiger partial charge in [-0.15, -0.1) is 0 Å². The topological polar surface area (TPSA) is 68.6 Å². The minimum atomic E-state index is -0.583. The van der Waals surface area contributed by atoms with Gasteiger partial charge in [0.25, 0.3) is 0 Å². The zero-order chi connectivity index (χ0) is 15.7. The summed E-state index contributed by atoms with van der Waals surface area (Å²) in [5.41, 5.74) is 2.86. The largest absolute Gasteiger partial charge is 0.468 e. The summed E-state index contributed by atoms with van der Waals surface area (Å²) in [6.45, 7) is 1.82. The van der Waals surface area contributed by atoms with Crippen LogP contribution in [-0.4, -0.2) is 29.6 Å². The number of aliphatic imine (C=N–C) groups is 1. The molecule has 114 valence electrons. The number of hydrogen-bond donors (Lipinski definition) is 0. The maximum absolute atomic E-state index is 12.5. The van der Waals surface area contributed by atoms with E-state index in [0.717, 1.165) is 24.2 Å². The van der Waals surface area contributed by atoms with Gasteiger partial charge < -0.3 is 4.74 Å². The second-order valence-electron chi connectivity index (χ2n) is 5.62. The van der Waals surface area contributed by atoms with Crippen molar-refractivity contribution in [1.82, 2.24) is 4.98 Å². The van der Waals surface area contributed by atoms with Gasteiger partial charge in [-0.2, -0.15) is 0 Å². The number of methoxy groups -OCH3 is 1. The van der Waals surface area contributed by atoms with Gasteiger partial charge in [0.1, 0.15) is 5.92 Å². The molecule has 0 radical (unpaired) electrons. The van der Waals surface area contributed by atoms with E-state index in [4.69, 9.17) is 4.74 Å². The van der Waals surface area contributed by atoms with Gasteiger partial charge in [-0.05, 0) is 31.9 Å². The standard InChI is InChI=1S/C17H18N2O3/c1-10-14(17(21)22-2)16(11-6-3-4-9-18-11)15-12(19-10)7-5-8-13(15)20/h3-4,6,9,14,16H,5,7-8H2,1-2H3/t14?,16-/m1/s1. The van der Waals surface area contributed by atoms with Crippen molar-refractivity contribution in [2.75, 3.05) is 7.11 Å². The van der Waals surface area contributed by atoms with E-state index < -0.39 is 11.8 Å². The third-order valence-electron chi connectivity index (χ3n) is 4.30. The summed E-state index contributed by atoms with van der Waals surface area (Å²) in [4.78, 5) is 33.7. The van der Waals surface area contributed by atoms with Crippen LogP contribution in [0, 0.1) is 5.92 Å². The molecule has 22 heavy (non-hydrogen) atoms. The fraction of sp³-hybridized carbons (Fsp3) is 0.412. The molecule has 0 bridgehead atoms. The van der Waals surface area contributed by atoms with Crippen molar-refractivity contribution in [2.45, 2.75) is 32.1 Å². The average Bonchev–Trinajstić information content (AvgIpc) is 2.54. The molecule has 2 heterocycles. The molecule has 0 amide bonds. The Balaban J connectivity index is 2.17. The molecule has 5 heteroatoms. The molecule has 1 aliphatic carbocycles. The molecule has 0 saturated carbocycles. The molecule has 0 fully saturated rings. The first-order chi connectivity index (χ1) is 10.6. The number of allylic oxidation sites excluding steroid dienone is 2. The zero-order valence-corrected chi connectivity index (χ0v) is 12.7. The van der Waals surface area contributed by atoms with Crippen molar-refractivity contribution in [2.24, 2.45) is 10.9 Å². The zero-order valence-electron chi connectivity index (χ0n) is 12.7. The lowest BCUT2D eigenvalue weighted by Gasteiger charge is -2.33. The lowest BCUT2D eigenvalue weighted by molar-refractivity contribution is -0.143. The van der Waals surface area contributed by atoms with E-state index in [2.05, 4.69) is 9.98 Å². The third-order valence-corrected chi connectivity index (χ3v) is 4.30. The van der Waals surface area contributed by atoms with Crippen molar-refractivity contribution in [1.29, 1.82) is 0 Å². The number of rotatable bonds is 2. The van der Waals surface area contributed by atoms with Gasteiger partial charge in [0.05, 0.1) is 13.0 Å². The van der Waals surface area contributed by atoms with Crippen LogP contribution in [0.15, 0.2) is 40.7 Å². The third kappa shape index (κ3) is 2.36. The summed E-state index contributed by atoms with van der Waals surface area (Å²) in [7, 11) is 1.36. The summed E-state index contributed by atoms with van der Waals surface area (Å²) in [6, 6.07) is 5.54. The second-order valence-corrected chi connectivity index (χ2v) is 5.62. The van der Waals surface area contributed by atoms with E-state index in [-0.39, 0.29) is 11.8 Å². The van der Waals surface area contributed by atoms with Crippen molar-refractivity contribution in [3.63, 3.8) is 0 Å². The summed E-state index contributed by atoms with van der Waals surface area (Å²) in [6.07, 6.45) is 3.77. The molecule has 2 aliphatic rings. The molecule has 0 saturated heterocycles. The molecule has 1 aliphatic heterocycles. The highest BCUT2D eigenvalue weighted by Crippen LogP contribution is 2.42. The van der Waals surface area contributed by atoms with Gasteiger partial charge in [0.2, 0.25) is 0 Å². The van der Waals surface area contributed by atoms with Crippen LogP contribution < -0.4 is 0 Å². The minimum absolute atomic E-state index is 0.0713. The van der Waals surface area contributed by atoms with E-state index in [1.807, 2.05) is 25.1 Å². The Morgan fingerprint density at radius 2 is 2.14 bits per heavy atom. The van der Waals surface area contributed by atoms with Gasteiger partial charge >= 0.3 is 5.97 Å². The first-order valence-corrected chi connectivity index (χ1v) is 7.43. The van der Waals surface area contributed by atoms with Crippen LogP contribution in [0.4, 0.5) is 0 Å². The molecule has 3 rings (SSSR count). The van der Waals surface area contributed by atoms with Crippen molar-refractivity contribution in [3.05, 3.63) is 41.4 Å². The van der Waals surface area contributed by atoms with Crippen molar-refractivity contribution in [3.8, 4) is 0 Å². The Hall–Kier alpha value is -2.30. The summed E-state index contributed by atoms with van der Waals surface area (Å²) >= 11 is 0. The Morgan fingerprint density at radius 1 is 1.32 bits per heavy atom. The number of ether oxygens (including phenoxy) is 1. The molecule has 1 aromatic rings. The quantitative estimate of drug-likeness (QED) is 0.786. The number of Topliss-reactive ketones (excluding diaryl/α,β-unsaturated/α-hetero) is 1. The van der Waals surface area contributed by atoms with E-state index in [1.54, 1.807) is 6.20 Å². The van der Waals surface area contributed by atoms with E-state index in [0.29, 0.717) is 17.7 Å². The fourth-order valence-electron chi connectivity index (χ4n) is 3.32. The lowest BCUT2D eigenvalue weighted by atomic mass is 9.73. The number of hydrogen-bond acceptors (Lipinski definition) is 5. The molecule has 5 nitrogen and oxygen atoms in total. The molecule has 1 aromatic heterocycles. The number of esters is 1. The van der Waals surface area contributed by atoms with Crippen LogP contribution in [0.25, 0.3) is 0 Å². The maximum atomic E-state index is 12.5. The number of ketones is 1. The van der Waals surface area contributed by atoms with Gasteiger partial charge in [0, 0.05) is 35.3 Å².